The molecule has 3 rings (SSSR count). The number of carbonyl (C=O) groups excluding carboxylic acids is 2. The average Bonchev–Trinajstić information content (AvgIpc) is 2.78. The van der Waals surface area contributed by atoms with Crippen molar-refractivity contribution in [3.05, 3.63) is 89.5 Å². The van der Waals surface area contributed by atoms with Crippen LogP contribution >= 0.6 is 0 Å². The molecule has 1 N–H and O–H groups in total. The van der Waals surface area contributed by atoms with E-state index in [-0.39, 0.29) is 16.0 Å². The Morgan fingerprint density at radius 2 is 1.61 bits per heavy atom. The third kappa shape index (κ3) is 4.75. The van der Waals surface area contributed by atoms with Gasteiger partial charge in [-0.3, -0.25) is 9.10 Å². The lowest BCUT2D eigenvalue weighted by Crippen LogP contribution is -2.27. The van der Waals surface area contributed by atoms with E-state index in [0.29, 0.717) is 11.4 Å². The number of hydrogen-bond acceptors (Lipinski definition) is 5. The van der Waals surface area contributed by atoms with E-state index < -0.39 is 21.9 Å². The SMILES string of the molecule is COC(=O)c1ccccc1NC(=O)c1cccc(N(C)S(=O)(=O)c2ccc(C)cc2)c1. The number of anilines is 2. The fraction of sp³-hybridized carbons (Fsp3) is 0.130. The van der Waals surface area contributed by atoms with Crippen LogP contribution in [0.15, 0.2) is 77.7 Å². The summed E-state index contributed by atoms with van der Waals surface area (Å²) >= 11 is 0. The smallest absolute Gasteiger partial charge is 0.339 e. The first kappa shape index (κ1) is 22.0. The lowest BCUT2D eigenvalue weighted by Gasteiger charge is -2.20. The number of nitrogens with zero attached hydrogens (tertiary/aromatic N) is 1. The summed E-state index contributed by atoms with van der Waals surface area (Å²) in [5, 5.41) is 2.68. The minimum atomic E-state index is -3.79. The van der Waals surface area contributed by atoms with Crippen LogP contribution in [0.3, 0.4) is 0 Å². The summed E-state index contributed by atoms with van der Waals surface area (Å²) in [7, 11) is -1.10. The molecule has 3 aromatic rings. The summed E-state index contributed by atoms with van der Waals surface area (Å²) in [6.45, 7) is 1.88. The van der Waals surface area contributed by atoms with Crippen molar-refractivity contribution in [1.82, 2.24) is 0 Å². The zero-order valence-corrected chi connectivity index (χ0v) is 18.1. The molecule has 0 bridgehead atoms. The fourth-order valence-electron chi connectivity index (χ4n) is 2.92. The molecule has 0 radical (unpaired) electrons. The van der Waals surface area contributed by atoms with Crippen LogP contribution in [-0.4, -0.2) is 34.5 Å². The second kappa shape index (κ2) is 9.01. The van der Waals surface area contributed by atoms with Gasteiger partial charge in [0.05, 0.1) is 28.9 Å². The van der Waals surface area contributed by atoms with Crippen molar-refractivity contribution >= 4 is 33.3 Å². The maximum absolute atomic E-state index is 12.9. The molecule has 0 atom stereocenters. The molecule has 8 heteroatoms. The molecule has 0 aromatic heterocycles. The van der Waals surface area contributed by atoms with Gasteiger partial charge in [0, 0.05) is 12.6 Å². The number of para-hydroxylation sites is 1. The molecule has 31 heavy (non-hydrogen) atoms. The highest BCUT2D eigenvalue weighted by Crippen LogP contribution is 2.24. The Kier molecular flexibility index (Phi) is 6.41. The second-order valence-electron chi connectivity index (χ2n) is 6.83. The normalized spacial score (nSPS) is 10.9. The molecule has 0 aliphatic rings. The van der Waals surface area contributed by atoms with E-state index in [4.69, 9.17) is 4.74 Å². The average molecular weight is 439 g/mol. The van der Waals surface area contributed by atoms with Crippen molar-refractivity contribution in [1.29, 1.82) is 0 Å². The number of esters is 1. The van der Waals surface area contributed by atoms with Crippen LogP contribution in [0.2, 0.25) is 0 Å². The maximum Gasteiger partial charge on any atom is 0.339 e. The molecule has 0 aliphatic carbocycles. The summed E-state index contributed by atoms with van der Waals surface area (Å²) in [5.74, 6) is -1.06. The summed E-state index contributed by atoms with van der Waals surface area (Å²) < 4.78 is 31.7. The molecule has 0 fully saturated rings. The first-order valence-corrected chi connectivity index (χ1v) is 10.8. The van der Waals surface area contributed by atoms with Crippen molar-refractivity contribution in [2.24, 2.45) is 0 Å². The van der Waals surface area contributed by atoms with Crippen molar-refractivity contribution in [2.45, 2.75) is 11.8 Å². The third-order valence-electron chi connectivity index (χ3n) is 4.73. The van der Waals surface area contributed by atoms with Crippen LogP contribution in [0.1, 0.15) is 26.3 Å². The lowest BCUT2D eigenvalue weighted by atomic mass is 10.1. The number of amides is 1. The maximum atomic E-state index is 12.9. The van der Waals surface area contributed by atoms with E-state index in [1.165, 1.54) is 20.2 Å². The van der Waals surface area contributed by atoms with Gasteiger partial charge in [0.1, 0.15) is 0 Å². The Labute approximate surface area is 181 Å². The first-order chi connectivity index (χ1) is 14.7. The number of nitrogens with one attached hydrogen (secondary N) is 1. The van der Waals surface area contributed by atoms with Crippen LogP contribution in [0, 0.1) is 6.92 Å². The van der Waals surface area contributed by atoms with Gasteiger partial charge in [-0.25, -0.2) is 13.2 Å². The molecular weight excluding hydrogens is 416 g/mol. The zero-order valence-electron chi connectivity index (χ0n) is 17.3. The summed E-state index contributed by atoms with van der Waals surface area (Å²) in [5.41, 5.74) is 2.03. The van der Waals surface area contributed by atoms with Crippen LogP contribution in [0.4, 0.5) is 11.4 Å². The van der Waals surface area contributed by atoms with E-state index in [9.17, 15) is 18.0 Å². The zero-order chi connectivity index (χ0) is 22.6. The predicted octanol–water partition coefficient (Wildman–Crippen LogP) is 3.86. The Bertz CT molecular complexity index is 1220. The Balaban J connectivity index is 1.87. The van der Waals surface area contributed by atoms with Gasteiger partial charge in [0.25, 0.3) is 15.9 Å². The summed E-state index contributed by atoms with van der Waals surface area (Å²) in [6.07, 6.45) is 0. The van der Waals surface area contributed by atoms with Crippen LogP contribution < -0.4 is 9.62 Å². The van der Waals surface area contributed by atoms with Gasteiger partial charge in [0.2, 0.25) is 0 Å². The number of benzene rings is 3. The van der Waals surface area contributed by atoms with Gasteiger partial charge in [0.15, 0.2) is 0 Å². The molecule has 0 aliphatic heterocycles. The molecule has 0 saturated carbocycles. The second-order valence-corrected chi connectivity index (χ2v) is 8.80. The number of sulfonamides is 1. The van der Waals surface area contributed by atoms with Crippen LogP contribution in [-0.2, 0) is 14.8 Å². The number of methoxy groups -OCH3 is 1. The van der Waals surface area contributed by atoms with E-state index >= 15 is 0 Å². The molecular formula is C23H22N2O5S. The van der Waals surface area contributed by atoms with Gasteiger partial charge in [-0.15, -0.1) is 0 Å². The number of carbonyl (C=O) groups is 2. The Morgan fingerprint density at radius 3 is 2.29 bits per heavy atom. The number of aryl methyl sites for hydroxylation is 1. The van der Waals surface area contributed by atoms with Crippen LogP contribution in [0.25, 0.3) is 0 Å². The van der Waals surface area contributed by atoms with Crippen molar-refractivity contribution in [3.63, 3.8) is 0 Å². The summed E-state index contributed by atoms with van der Waals surface area (Å²) in [4.78, 5) is 24.8. The Morgan fingerprint density at radius 1 is 0.935 bits per heavy atom. The van der Waals surface area contributed by atoms with E-state index in [2.05, 4.69) is 5.32 Å². The number of rotatable bonds is 6. The lowest BCUT2D eigenvalue weighted by molar-refractivity contribution is 0.0602. The summed E-state index contributed by atoms with van der Waals surface area (Å²) in [6, 6.07) is 19.2. The van der Waals surface area contributed by atoms with Gasteiger partial charge in [-0.05, 0) is 49.4 Å². The van der Waals surface area contributed by atoms with Gasteiger partial charge >= 0.3 is 5.97 Å². The Hall–Kier alpha value is -3.65. The number of ether oxygens (including phenoxy) is 1. The largest absolute Gasteiger partial charge is 0.465 e. The molecule has 0 spiro atoms. The molecule has 0 unspecified atom stereocenters. The molecule has 7 nitrogen and oxygen atoms in total. The highest BCUT2D eigenvalue weighted by atomic mass is 32.2. The fourth-order valence-corrected chi connectivity index (χ4v) is 4.11. The van der Waals surface area contributed by atoms with Crippen molar-refractivity contribution < 1.29 is 22.7 Å². The van der Waals surface area contributed by atoms with Gasteiger partial charge in [-0.1, -0.05) is 35.9 Å². The molecule has 160 valence electrons. The van der Waals surface area contributed by atoms with E-state index in [1.54, 1.807) is 66.7 Å². The molecule has 1 amide bonds. The topological polar surface area (TPSA) is 92.8 Å². The standard InChI is InChI=1S/C23H22N2O5S/c1-16-11-13-19(14-12-16)31(28,29)25(2)18-8-6-7-17(15-18)22(26)24-21-10-5-4-9-20(21)23(27)30-3/h4-15H,1-3H3,(H,24,26). The first-order valence-electron chi connectivity index (χ1n) is 9.38. The van der Waals surface area contributed by atoms with E-state index in [0.717, 1.165) is 9.87 Å². The molecule has 0 heterocycles. The molecule has 3 aromatic carbocycles. The molecule has 0 saturated heterocycles. The highest BCUT2D eigenvalue weighted by Gasteiger charge is 2.22. The van der Waals surface area contributed by atoms with Gasteiger partial charge < -0.3 is 10.1 Å². The quantitative estimate of drug-likeness (QED) is 0.590. The third-order valence-corrected chi connectivity index (χ3v) is 6.53. The number of hydrogen-bond donors (Lipinski definition) is 1. The van der Waals surface area contributed by atoms with Crippen molar-refractivity contribution in [2.75, 3.05) is 23.8 Å². The van der Waals surface area contributed by atoms with E-state index in [1.807, 2.05) is 6.92 Å². The highest BCUT2D eigenvalue weighted by molar-refractivity contribution is 7.92. The minimum absolute atomic E-state index is 0.155. The predicted molar refractivity (Wildman–Crippen MR) is 119 cm³/mol. The van der Waals surface area contributed by atoms with Gasteiger partial charge in [-0.2, -0.15) is 0 Å². The minimum Gasteiger partial charge on any atom is -0.465 e. The monoisotopic (exact) mass is 438 g/mol. The van der Waals surface area contributed by atoms with Crippen LogP contribution in [0.5, 0.6) is 0 Å². The van der Waals surface area contributed by atoms with Crippen molar-refractivity contribution in [3.8, 4) is 0 Å².